The third kappa shape index (κ3) is 4.67. The van der Waals surface area contributed by atoms with Gasteiger partial charge in [-0.05, 0) is 24.3 Å². The second-order valence-electron chi connectivity index (χ2n) is 4.05. The van der Waals surface area contributed by atoms with Gasteiger partial charge < -0.3 is 5.32 Å². The molecule has 0 spiro atoms. The molecule has 1 amide bonds. The lowest BCUT2D eigenvalue weighted by atomic mass is 10.1. The molecule has 0 aromatic heterocycles. The van der Waals surface area contributed by atoms with Crippen molar-refractivity contribution < 1.29 is 14.0 Å². The summed E-state index contributed by atoms with van der Waals surface area (Å²) in [6.07, 6.45) is 0.913. The SMILES string of the molecule is CCCSCC(=O)[C@H](C#N)C(=O)Nc1ccccc1F. The minimum Gasteiger partial charge on any atom is -0.322 e. The Balaban J connectivity index is 2.66. The molecule has 1 atom stereocenters. The number of halogens is 1. The summed E-state index contributed by atoms with van der Waals surface area (Å²) in [4.78, 5) is 23.6. The molecule has 0 radical (unpaired) electrons. The van der Waals surface area contributed by atoms with Gasteiger partial charge in [-0.2, -0.15) is 17.0 Å². The van der Waals surface area contributed by atoms with E-state index in [1.54, 1.807) is 12.1 Å². The molecule has 0 bridgehead atoms. The first-order valence-corrected chi connectivity index (χ1v) is 7.31. The zero-order chi connectivity index (χ0) is 15.0. The van der Waals surface area contributed by atoms with Gasteiger partial charge in [-0.3, -0.25) is 9.59 Å². The molecule has 0 aliphatic heterocycles. The fourth-order valence-corrected chi connectivity index (χ4v) is 2.25. The van der Waals surface area contributed by atoms with Crippen molar-refractivity contribution in [2.24, 2.45) is 5.92 Å². The van der Waals surface area contributed by atoms with Crippen molar-refractivity contribution in [1.29, 1.82) is 5.26 Å². The van der Waals surface area contributed by atoms with Crippen molar-refractivity contribution >= 4 is 29.1 Å². The first-order chi connectivity index (χ1) is 9.60. The molecular formula is C14H15FN2O2S. The second-order valence-corrected chi connectivity index (χ2v) is 5.16. The number of rotatable bonds is 7. The van der Waals surface area contributed by atoms with Crippen LogP contribution in [0, 0.1) is 23.1 Å². The van der Waals surface area contributed by atoms with E-state index < -0.39 is 23.4 Å². The van der Waals surface area contributed by atoms with Crippen LogP contribution in [-0.4, -0.2) is 23.2 Å². The van der Waals surface area contributed by atoms with E-state index in [1.807, 2.05) is 6.92 Å². The number of nitrogens with one attached hydrogen (secondary N) is 1. The maximum absolute atomic E-state index is 13.4. The molecule has 0 saturated carbocycles. The minimum atomic E-state index is -1.40. The van der Waals surface area contributed by atoms with Gasteiger partial charge in [-0.1, -0.05) is 19.1 Å². The van der Waals surface area contributed by atoms with Gasteiger partial charge >= 0.3 is 0 Å². The highest BCUT2D eigenvalue weighted by Gasteiger charge is 2.26. The van der Waals surface area contributed by atoms with Crippen LogP contribution in [0.2, 0.25) is 0 Å². The standard InChI is InChI=1S/C14H15FN2O2S/c1-2-7-20-9-13(18)10(8-16)14(19)17-12-6-4-3-5-11(12)15/h3-6,10H,2,7,9H2,1H3,(H,17,19)/t10-/m0/s1. The molecule has 0 saturated heterocycles. The summed E-state index contributed by atoms with van der Waals surface area (Å²) in [5.74, 6) is -2.36. The van der Waals surface area contributed by atoms with E-state index >= 15 is 0 Å². The molecule has 106 valence electrons. The van der Waals surface area contributed by atoms with Crippen molar-refractivity contribution in [3.63, 3.8) is 0 Å². The number of Topliss-reactive ketones (excluding diaryl/α,β-unsaturated/α-hetero) is 1. The molecule has 4 nitrogen and oxygen atoms in total. The van der Waals surface area contributed by atoms with E-state index in [0.717, 1.165) is 12.2 Å². The number of carbonyl (C=O) groups excluding carboxylic acids is 2. The Labute approximate surface area is 121 Å². The summed E-state index contributed by atoms with van der Waals surface area (Å²) < 4.78 is 13.4. The third-order valence-electron chi connectivity index (χ3n) is 2.44. The van der Waals surface area contributed by atoms with E-state index in [2.05, 4.69) is 5.32 Å². The number of nitrogens with zero attached hydrogens (tertiary/aromatic N) is 1. The molecule has 6 heteroatoms. The average molecular weight is 294 g/mol. The highest BCUT2D eigenvalue weighted by Crippen LogP contribution is 2.15. The van der Waals surface area contributed by atoms with Crippen molar-refractivity contribution in [3.8, 4) is 6.07 Å². The highest BCUT2D eigenvalue weighted by molar-refractivity contribution is 7.99. The number of nitriles is 1. The Morgan fingerprint density at radius 3 is 2.75 bits per heavy atom. The largest absolute Gasteiger partial charge is 0.322 e. The van der Waals surface area contributed by atoms with Gasteiger partial charge in [-0.25, -0.2) is 4.39 Å². The zero-order valence-electron chi connectivity index (χ0n) is 11.1. The predicted octanol–water partition coefficient (Wildman–Crippen LogP) is 2.62. The first kappa shape index (κ1) is 16.2. The summed E-state index contributed by atoms with van der Waals surface area (Å²) in [7, 11) is 0. The first-order valence-electron chi connectivity index (χ1n) is 6.15. The summed E-state index contributed by atoms with van der Waals surface area (Å²) in [6, 6.07) is 7.27. The van der Waals surface area contributed by atoms with Crippen LogP contribution in [0.3, 0.4) is 0 Å². The van der Waals surface area contributed by atoms with E-state index in [4.69, 9.17) is 5.26 Å². The van der Waals surface area contributed by atoms with Gasteiger partial charge in [0.2, 0.25) is 5.91 Å². The number of anilines is 1. The van der Waals surface area contributed by atoms with Crippen molar-refractivity contribution in [3.05, 3.63) is 30.1 Å². The maximum atomic E-state index is 13.4. The molecule has 1 N–H and O–H groups in total. The number of hydrogen-bond donors (Lipinski definition) is 1. The lowest BCUT2D eigenvalue weighted by Gasteiger charge is -2.10. The monoisotopic (exact) mass is 294 g/mol. The molecule has 0 aliphatic rings. The third-order valence-corrected chi connectivity index (χ3v) is 3.62. The number of hydrogen-bond acceptors (Lipinski definition) is 4. The smallest absolute Gasteiger partial charge is 0.249 e. The van der Waals surface area contributed by atoms with Gasteiger partial charge in [0.1, 0.15) is 5.82 Å². The summed E-state index contributed by atoms with van der Waals surface area (Å²) >= 11 is 1.38. The molecule has 0 heterocycles. The fraction of sp³-hybridized carbons (Fsp3) is 0.357. The number of para-hydroxylation sites is 1. The van der Waals surface area contributed by atoms with Crippen LogP contribution in [0.25, 0.3) is 0 Å². The molecule has 0 fully saturated rings. The highest BCUT2D eigenvalue weighted by atomic mass is 32.2. The Morgan fingerprint density at radius 2 is 2.15 bits per heavy atom. The van der Waals surface area contributed by atoms with E-state index in [9.17, 15) is 14.0 Å². The van der Waals surface area contributed by atoms with Crippen molar-refractivity contribution in [1.82, 2.24) is 0 Å². The second kappa shape index (κ2) is 8.33. The minimum absolute atomic E-state index is 0.0354. The van der Waals surface area contributed by atoms with Gasteiger partial charge in [0.05, 0.1) is 17.5 Å². The molecule has 20 heavy (non-hydrogen) atoms. The quantitative estimate of drug-likeness (QED) is 0.620. The van der Waals surface area contributed by atoms with Crippen LogP contribution in [0.1, 0.15) is 13.3 Å². The van der Waals surface area contributed by atoms with Crippen LogP contribution < -0.4 is 5.32 Å². The lowest BCUT2D eigenvalue weighted by molar-refractivity contribution is -0.127. The van der Waals surface area contributed by atoms with Crippen LogP contribution in [0.4, 0.5) is 10.1 Å². The van der Waals surface area contributed by atoms with Crippen LogP contribution in [-0.2, 0) is 9.59 Å². The van der Waals surface area contributed by atoms with Crippen molar-refractivity contribution in [2.75, 3.05) is 16.8 Å². The number of ketones is 1. The molecule has 1 aromatic rings. The van der Waals surface area contributed by atoms with Gasteiger partial charge in [0.25, 0.3) is 0 Å². The number of benzene rings is 1. The molecule has 0 aliphatic carbocycles. The van der Waals surface area contributed by atoms with Gasteiger partial charge in [0.15, 0.2) is 11.7 Å². The van der Waals surface area contributed by atoms with Crippen LogP contribution >= 0.6 is 11.8 Å². The molecular weight excluding hydrogens is 279 g/mol. The zero-order valence-corrected chi connectivity index (χ0v) is 11.9. The van der Waals surface area contributed by atoms with Gasteiger partial charge in [-0.15, -0.1) is 0 Å². The maximum Gasteiger partial charge on any atom is 0.249 e. The van der Waals surface area contributed by atoms with E-state index in [0.29, 0.717) is 0 Å². The fourth-order valence-electron chi connectivity index (χ4n) is 1.44. The summed E-state index contributed by atoms with van der Waals surface area (Å²) in [5.41, 5.74) is -0.0354. The Morgan fingerprint density at radius 1 is 1.45 bits per heavy atom. The average Bonchev–Trinajstić information content (AvgIpc) is 2.42. The summed E-state index contributed by atoms with van der Waals surface area (Å²) in [5, 5.41) is 11.2. The van der Waals surface area contributed by atoms with Gasteiger partial charge in [0, 0.05) is 0 Å². The van der Waals surface area contributed by atoms with Crippen molar-refractivity contribution in [2.45, 2.75) is 13.3 Å². The Bertz CT molecular complexity index is 528. The molecule has 1 rings (SSSR count). The summed E-state index contributed by atoms with van der Waals surface area (Å²) in [6.45, 7) is 1.98. The van der Waals surface area contributed by atoms with Crippen LogP contribution in [0.15, 0.2) is 24.3 Å². The number of thioether (sulfide) groups is 1. The number of amides is 1. The normalized spacial score (nSPS) is 11.4. The molecule has 1 aromatic carbocycles. The molecule has 0 unspecified atom stereocenters. The lowest BCUT2D eigenvalue weighted by Crippen LogP contribution is -2.30. The number of carbonyl (C=O) groups is 2. The Hall–Kier alpha value is -1.87. The van der Waals surface area contributed by atoms with E-state index in [1.165, 1.54) is 30.0 Å². The predicted molar refractivity (Wildman–Crippen MR) is 76.8 cm³/mol. The topological polar surface area (TPSA) is 70.0 Å². The Kier molecular flexibility index (Phi) is 6.74. The van der Waals surface area contributed by atoms with Crippen LogP contribution in [0.5, 0.6) is 0 Å². The van der Waals surface area contributed by atoms with E-state index in [-0.39, 0.29) is 11.4 Å².